The summed E-state index contributed by atoms with van der Waals surface area (Å²) in [7, 11) is 2.38. The highest BCUT2D eigenvalue weighted by Gasteiger charge is 2.26. The van der Waals surface area contributed by atoms with Gasteiger partial charge in [0.25, 0.3) is 0 Å². The van der Waals surface area contributed by atoms with Gasteiger partial charge in [0.05, 0.1) is 26.7 Å². The Kier molecular flexibility index (Phi) is 2.35. The van der Waals surface area contributed by atoms with E-state index in [-0.39, 0.29) is 0 Å². The fourth-order valence-electron chi connectivity index (χ4n) is 2.04. The highest BCUT2D eigenvalue weighted by molar-refractivity contribution is 4.58. The summed E-state index contributed by atoms with van der Waals surface area (Å²) >= 11 is 0. The summed E-state index contributed by atoms with van der Waals surface area (Å²) in [4.78, 5) is 0. The van der Waals surface area contributed by atoms with Gasteiger partial charge in [-0.1, -0.05) is 6.92 Å². The van der Waals surface area contributed by atoms with Gasteiger partial charge in [0.2, 0.25) is 0 Å². The van der Waals surface area contributed by atoms with Crippen molar-refractivity contribution in [1.82, 2.24) is 0 Å². The van der Waals surface area contributed by atoms with E-state index in [9.17, 15) is 0 Å². The fourth-order valence-corrected chi connectivity index (χ4v) is 2.04. The molecular weight excluding hydrogens is 122 g/mol. The van der Waals surface area contributed by atoms with Gasteiger partial charge in [0.1, 0.15) is 0 Å². The molecule has 0 bridgehead atoms. The average molecular weight is 142 g/mol. The molecule has 0 aromatic rings. The third-order valence-corrected chi connectivity index (χ3v) is 2.91. The number of hydrogen-bond donors (Lipinski definition) is 0. The van der Waals surface area contributed by atoms with Gasteiger partial charge >= 0.3 is 0 Å². The first-order valence-corrected chi connectivity index (χ1v) is 4.50. The van der Waals surface area contributed by atoms with Crippen molar-refractivity contribution in [3.8, 4) is 0 Å². The Morgan fingerprint density at radius 3 is 2.60 bits per heavy atom. The Morgan fingerprint density at radius 2 is 2.20 bits per heavy atom. The third kappa shape index (κ3) is 1.72. The van der Waals surface area contributed by atoms with Crippen LogP contribution >= 0.6 is 0 Å². The lowest BCUT2D eigenvalue weighted by atomic mass is 9.98. The first kappa shape index (κ1) is 8.06. The van der Waals surface area contributed by atoms with Crippen molar-refractivity contribution >= 4 is 0 Å². The number of hydrogen-bond acceptors (Lipinski definition) is 0. The first-order chi connectivity index (χ1) is 4.66. The number of quaternary nitrogens is 1. The second kappa shape index (κ2) is 2.91. The van der Waals surface area contributed by atoms with E-state index in [1.54, 1.807) is 0 Å². The van der Waals surface area contributed by atoms with E-state index in [0.29, 0.717) is 0 Å². The molecule has 10 heavy (non-hydrogen) atoms. The summed E-state index contributed by atoms with van der Waals surface area (Å²) in [6, 6.07) is 0. The maximum absolute atomic E-state index is 2.38. The van der Waals surface area contributed by atoms with Gasteiger partial charge in [-0.25, -0.2) is 0 Å². The Hall–Kier alpha value is -0.0400. The fraction of sp³-hybridized carbons (Fsp3) is 1.00. The predicted molar refractivity (Wildman–Crippen MR) is 44.9 cm³/mol. The van der Waals surface area contributed by atoms with E-state index >= 15 is 0 Å². The highest BCUT2D eigenvalue weighted by atomic mass is 15.3. The molecule has 1 saturated heterocycles. The SMILES string of the molecule is CC[N+]1(C)CCCC(C)C1. The largest absolute Gasteiger partial charge is 0.326 e. The summed E-state index contributed by atoms with van der Waals surface area (Å²) in [6.07, 6.45) is 2.89. The molecule has 0 saturated carbocycles. The molecule has 0 spiro atoms. The Morgan fingerprint density at radius 1 is 1.50 bits per heavy atom. The van der Waals surface area contributed by atoms with E-state index < -0.39 is 0 Å². The normalized spacial score (nSPS) is 41.7. The molecular formula is C9H20N+. The van der Waals surface area contributed by atoms with Crippen molar-refractivity contribution < 1.29 is 4.48 Å². The maximum atomic E-state index is 2.38. The second-order valence-corrected chi connectivity index (χ2v) is 4.09. The molecule has 0 amide bonds. The van der Waals surface area contributed by atoms with Crippen LogP contribution in [0.15, 0.2) is 0 Å². The van der Waals surface area contributed by atoms with Crippen LogP contribution in [0.1, 0.15) is 26.7 Å². The van der Waals surface area contributed by atoms with Gasteiger partial charge in [0.15, 0.2) is 0 Å². The number of likely N-dealkylation sites (tertiary alicyclic amines) is 1. The molecule has 1 aliphatic heterocycles. The lowest BCUT2D eigenvalue weighted by Gasteiger charge is -2.39. The standard InChI is InChI=1S/C9H20N/c1-4-10(3)7-5-6-9(2)8-10/h9H,4-8H2,1-3H3/q+1. The van der Waals surface area contributed by atoms with Crippen LogP contribution in [0.25, 0.3) is 0 Å². The minimum atomic E-state index is 0.957. The molecule has 2 atom stereocenters. The molecule has 1 aliphatic rings. The van der Waals surface area contributed by atoms with E-state index in [1.165, 1.54) is 37.0 Å². The number of piperidine rings is 1. The second-order valence-electron chi connectivity index (χ2n) is 4.09. The van der Waals surface area contributed by atoms with Gasteiger partial charge in [-0.05, 0) is 19.8 Å². The molecule has 1 heteroatoms. The Labute approximate surface area is 64.6 Å². The molecule has 0 radical (unpaired) electrons. The van der Waals surface area contributed by atoms with Gasteiger partial charge in [-0.15, -0.1) is 0 Å². The van der Waals surface area contributed by atoms with Crippen LogP contribution in [-0.2, 0) is 0 Å². The molecule has 1 fully saturated rings. The molecule has 1 nitrogen and oxygen atoms in total. The third-order valence-electron chi connectivity index (χ3n) is 2.91. The van der Waals surface area contributed by atoms with Gasteiger partial charge < -0.3 is 4.48 Å². The minimum absolute atomic E-state index is 0.957. The number of nitrogens with zero attached hydrogens (tertiary/aromatic N) is 1. The van der Waals surface area contributed by atoms with Crippen LogP contribution in [0.3, 0.4) is 0 Å². The summed E-state index contributed by atoms with van der Waals surface area (Å²) in [5.41, 5.74) is 0. The quantitative estimate of drug-likeness (QED) is 0.490. The topological polar surface area (TPSA) is 0 Å². The Balaban J connectivity index is 2.45. The van der Waals surface area contributed by atoms with Crippen LogP contribution in [0.4, 0.5) is 0 Å². The van der Waals surface area contributed by atoms with E-state index in [4.69, 9.17) is 0 Å². The molecule has 0 aromatic heterocycles. The molecule has 1 heterocycles. The zero-order valence-corrected chi connectivity index (χ0v) is 7.56. The molecule has 60 valence electrons. The summed E-state index contributed by atoms with van der Waals surface area (Å²) in [6.45, 7) is 8.80. The highest BCUT2D eigenvalue weighted by Crippen LogP contribution is 2.20. The van der Waals surface area contributed by atoms with Gasteiger partial charge in [0, 0.05) is 5.92 Å². The predicted octanol–water partition coefficient (Wildman–Crippen LogP) is 1.88. The van der Waals surface area contributed by atoms with Crippen molar-refractivity contribution in [3.63, 3.8) is 0 Å². The van der Waals surface area contributed by atoms with E-state index in [2.05, 4.69) is 20.9 Å². The maximum Gasteiger partial charge on any atom is 0.0810 e. The van der Waals surface area contributed by atoms with Crippen molar-refractivity contribution in [2.24, 2.45) is 5.92 Å². The molecule has 1 rings (SSSR count). The average Bonchev–Trinajstić information content (AvgIpc) is 1.88. The summed E-state index contributed by atoms with van der Waals surface area (Å²) in [5, 5.41) is 0. The van der Waals surface area contributed by atoms with Gasteiger partial charge in [-0.2, -0.15) is 0 Å². The molecule has 2 unspecified atom stereocenters. The van der Waals surface area contributed by atoms with Crippen LogP contribution < -0.4 is 0 Å². The molecule has 0 aliphatic carbocycles. The van der Waals surface area contributed by atoms with Gasteiger partial charge in [-0.3, -0.25) is 0 Å². The monoisotopic (exact) mass is 142 g/mol. The minimum Gasteiger partial charge on any atom is -0.326 e. The molecule has 0 aromatic carbocycles. The van der Waals surface area contributed by atoms with Crippen LogP contribution in [0.2, 0.25) is 0 Å². The lowest BCUT2D eigenvalue weighted by molar-refractivity contribution is -0.915. The van der Waals surface area contributed by atoms with Crippen molar-refractivity contribution in [1.29, 1.82) is 0 Å². The first-order valence-electron chi connectivity index (χ1n) is 4.50. The van der Waals surface area contributed by atoms with Crippen LogP contribution in [0, 0.1) is 5.92 Å². The van der Waals surface area contributed by atoms with Crippen molar-refractivity contribution in [2.45, 2.75) is 26.7 Å². The van der Waals surface area contributed by atoms with Crippen molar-refractivity contribution in [3.05, 3.63) is 0 Å². The zero-order chi connectivity index (χ0) is 7.61. The summed E-state index contributed by atoms with van der Waals surface area (Å²) in [5.74, 6) is 0.957. The number of rotatable bonds is 1. The summed E-state index contributed by atoms with van der Waals surface area (Å²) < 4.78 is 1.31. The van der Waals surface area contributed by atoms with Crippen LogP contribution in [0.5, 0.6) is 0 Å². The van der Waals surface area contributed by atoms with E-state index in [0.717, 1.165) is 5.92 Å². The van der Waals surface area contributed by atoms with E-state index in [1.807, 2.05) is 0 Å². The van der Waals surface area contributed by atoms with Crippen LogP contribution in [-0.4, -0.2) is 31.2 Å². The molecule has 0 N–H and O–H groups in total. The van der Waals surface area contributed by atoms with Crippen molar-refractivity contribution in [2.75, 3.05) is 26.7 Å². The zero-order valence-electron chi connectivity index (χ0n) is 7.56. The Bertz CT molecular complexity index is 111. The lowest BCUT2D eigenvalue weighted by Crippen LogP contribution is -2.50. The smallest absolute Gasteiger partial charge is 0.0810 e.